The highest BCUT2D eigenvalue weighted by molar-refractivity contribution is 6.42. The SMILES string of the molecule is COC(=O)c1cc([N+](=O)[O-])cn(CC(=O)Nc2c(Cl)cc(Cl)cc2Cl)c1=O. The van der Waals surface area contributed by atoms with Gasteiger partial charge in [0.25, 0.3) is 11.2 Å². The number of carbonyl (C=O) groups is 2. The van der Waals surface area contributed by atoms with E-state index in [0.29, 0.717) is 4.57 Å². The number of benzene rings is 1. The Balaban J connectivity index is 2.38. The van der Waals surface area contributed by atoms with Gasteiger partial charge in [-0.05, 0) is 12.1 Å². The molecule has 2 aromatic rings. The second-order valence-electron chi connectivity index (χ2n) is 5.09. The number of nitro groups is 1. The summed E-state index contributed by atoms with van der Waals surface area (Å²) in [5.74, 6) is -1.83. The van der Waals surface area contributed by atoms with E-state index in [9.17, 15) is 24.5 Å². The van der Waals surface area contributed by atoms with Crippen LogP contribution in [-0.4, -0.2) is 28.5 Å². The number of anilines is 1. The van der Waals surface area contributed by atoms with Crippen molar-refractivity contribution < 1.29 is 19.2 Å². The fraction of sp³-hybridized carbons (Fsp3) is 0.133. The third-order valence-electron chi connectivity index (χ3n) is 3.27. The number of halogens is 3. The number of esters is 1. The molecule has 1 amide bonds. The summed E-state index contributed by atoms with van der Waals surface area (Å²) in [6.45, 7) is -0.639. The first-order valence-electron chi connectivity index (χ1n) is 7.05. The Hall–Kier alpha value is -2.62. The van der Waals surface area contributed by atoms with E-state index >= 15 is 0 Å². The van der Waals surface area contributed by atoms with Crippen molar-refractivity contribution in [1.29, 1.82) is 0 Å². The van der Waals surface area contributed by atoms with Gasteiger partial charge in [0.2, 0.25) is 5.91 Å². The molecule has 12 heteroatoms. The minimum Gasteiger partial charge on any atom is -0.465 e. The van der Waals surface area contributed by atoms with Crippen molar-refractivity contribution in [2.45, 2.75) is 6.54 Å². The van der Waals surface area contributed by atoms with Gasteiger partial charge in [0.15, 0.2) is 0 Å². The lowest BCUT2D eigenvalue weighted by atomic mass is 10.2. The molecule has 0 aliphatic carbocycles. The highest BCUT2D eigenvalue weighted by atomic mass is 35.5. The van der Waals surface area contributed by atoms with Crippen LogP contribution in [0.2, 0.25) is 15.1 Å². The van der Waals surface area contributed by atoms with Gasteiger partial charge >= 0.3 is 5.97 Å². The van der Waals surface area contributed by atoms with Crippen LogP contribution in [0.15, 0.2) is 29.2 Å². The van der Waals surface area contributed by atoms with Crippen LogP contribution in [0.4, 0.5) is 11.4 Å². The quantitative estimate of drug-likeness (QED) is 0.438. The molecule has 1 heterocycles. The molecule has 27 heavy (non-hydrogen) atoms. The molecule has 1 aromatic carbocycles. The molecule has 0 radical (unpaired) electrons. The topological polar surface area (TPSA) is 121 Å². The van der Waals surface area contributed by atoms with Crippen molar-refractivity contribution in [3.05, 3.63) is 65.5 Å². The molecule has 0 atom stereocenters. The van der Waals surface area contributed by atoms with Crippen LogP contribution in [0.5, 0.6) is 0 Å². The molecule has 0 saturated carbocycles. The lowest BCUT2D eigenvalue weighted by Crippen LogP contribution is -2.31. The van der Waals surface area contributed by atoms with Crippen molar-refractivity contribution in [1.82, 2.24) is 4.57 Å². The van der Waals surface area contributed by atoms with E-state index in [4.69, 9.17) is 34.8 Å². The normalized spacial score (nSPS) is 10.4. The summed E-state index contributed by atoms with van der Waals surface area (Å²) < 4.78 is 5.13. The zero-order chi connectivity index (χ0) is 20.3. The van der Waals surface area contributed by atoms with E-state index in [1.807, 2.05) is 0 Å². The monoisotopic (exact) mass is 433 g/mol. The molecule has 9 nitrogen and oxygen atoms in total. The minimum absolute atomic E-state index is 0.0550. The predicted octanol–water partition coefficient (Wildman–Crippen LogP) is 3.14. The second kappa shape index (κ2) is 8.38. The van der Waals surface area contributed by atoms with Gasteiger partial charge < -0.3 is 10.1 Å². The van der Waals surface area contributed by atoms with E-state index < -0.39 is 40.2 Å². The third-order valence-corrected chi connectivity index (χ3v) is 4.09. The second-order valence-corrected chi connectivity index (χ2v) is 6.34. The summed E-state index contributed by atoms with van der Waals surface area (Å²) in [5.41, 5.74) is -2.03. The number of carbonyl (C=O) groups excluding carboxylic acids is 2. The maximum Gasteiger partial charge on any atom is 0.343 e. The summed E-state index contributed by atoms with van der Waals surface area (Å²) >= 11 is 17.7. The maximum absolute atomic E-state index is 12.3. The van der Waals surface area contributed by atoms with Crippen LogP contribution in [0.1, 0.15) is 10.4 Å². The summed E-state index contributed by atoms with van der Waals surface area (Å²) in [5, 5.41) is 13.8. The Morgan fingerprint density at radius 1 is 1.22 bits per heavy atom. The number of methoxy groups -OCH3 is 1. The highest BCUT2D eigenvalue weighted by Gasteiger charge is 2.21. The van der Waals surface area contributed by atoms with Crippen LogP contribution in [0, 0.1) is 10.1 Å². The molecule has 0 spiro atoms. The summed E-state index contributed by atoms with van der Waals surface area (Å²) in [6, 6.07) is 3.47. The zero-order valence-corrected chi connectivity index (χ0v) is 15.8. The van der Waals surface area contributed by atoms with Crippen molar-refractivity contribution in [3.8, 4) is 0 Å². The lowest BCUT2D eigenvalue weighted by Gasteiger charge is -2.11. The Kier molecular flexibility index (Phi) is 6.42. The Morgan fingerprint density at radius 2 is 1.81 bits per heavy atom. The zero-order valence-electron chi connectivity index (χ0n) is 13.5. The molecule has 1 aromatic heterocycles. The molecular weight excluding hydrogens is 425 g/mol. The number of hydrogen-bond acceptors (Lipinski definition) is 6. The third kappa shape index (κ3) is 4.76. The molecule has 0 bridgehead atoms. The minimum atomic E-state index is -1.07. The number of aromatic nitrogens is 1. The number of amides is 1. The predicted molar refractivity (Wildman–Crippen MR) is 98.8 cm³/mol. The largest absolute Gasteiger partial charge is 0.465 e. The number of rotatable bonds is 5. The van der Waals surface area contributed by atoms with E-state index in [0.717, 1.165) is 19.4 Å². The summed E-state index contributed by atoms with van der Waals surface area (Å²) in [4.78, 5) is 46.4. The van der Waals surface area contributed by atoms with Crippen molar-refractivity contribution in [2.24, 2.45) is 0 Å². The van der Waals surface area contributed by atoms with Gasteiger partial charge in [-0.3, -0.25) is 24.3 Å². The average molecular weight is 435 g/mol. The molecule has 0 unspecified atom stereocenters. The molecule has 142 valence electrons. The lowest BCUT2D eigenvalue weighted by molar-refractivity contribution is -0.385. The maximum atomic E-state index is 12.3. The number of nitrogens with one attached hydrogen (secondary N) is 1. The number of hydrogen-bond donors (Lipinski definition) is 1. The van der Waals surface area contributed by atoms with Gasteiger partial charge in [-0.1, -0.05) is 34.8 Å². The van der Waals surface area contributed by atoms with Crippen LogP contribution < -0.4 is 10.9 Å². The smallest absolute Gasteiger partial charge is 0.343 e. The molecule has 0 aliphatic heterocycles. The van der Waals surface area contributed by atoms with E-state index in [1.54, 1.807) is 0 Å². The average Bonchev–Trinajstić information content (AvgIpc) is 2.58. The standard InChI is InChI=1S/C15H10Cl3N3O6/c1-27-15(24)9-4-8(21(25)26)5-20(14(9)23)6-12(22)19-13-10(17)2-7(16)3-11(13)18/h2-5H,6H2,1H3,(H,19,22). The van der Waals surface area contributed by atoms with Gasteiger partial charge in [-0.15, -0.1) is 0 Å². The summed E-state index contributed by atoms with van der Waals surface area (Å²) in [6.07, 6.45) is 0.833. The molecule has 0 fully saturated rings. The molecule has 1 N–H and O–H groups in total. The Morgan fingerprint density at radius 3 is 2.33 bits per heavy atom. The van der Waals surface area contributed by atoms with Gasteiger partial charge in [-0.2, -0.15) is 0 Å². The van der Waals surface area contributed by atoms with Gasteiger partial charge in [0, 0.05) is 11.1 Å². The highest BCUT2D eigenvalue weighted by Crippen LogP contribution is 2.33. The van der Waals surface area contributed by atoms with Crippen molar-refractivity contribution in [2.75, 3.05) is 12.4 Å². The van der Waals surface area contributed by atoms with Gasteiger partial charge in [-0.25, -0.2) is 4.79 Å². The summed E-state index contributed by atoms with van der Waals surface area (Å²) in [7, 11) is 1.02. The van der Waals surface area contributed by atoms with Crippen molar-refractivity contribution in [3.63, 3.8) is 0 Å². The first-order chi connectivity index (χ1) is 12.6. The Labute approximate surface area is 166 Å². The van der Waals surface area contributed by atoms with E-state index in [2.05, 4.69) is 10.1 Å². The van der Waals surface area contributed by atoms with Gasteiger partial charge in [0.05, 0.1) is 34.0 Å². The number of ether oxygens (including phenoxy) is 1. The first-order valence-corrected chi connectivity index (χ1v) is 8.19. The molecule has 0 aliphatic rings. The van der Waals surface area contributed by atoms with E-state index in [-0.39, 0.29) is 20.8 Å². The van der Waals surface area contributed by atoms with E-state index in [1.165, 1.54) is 12.1 Å². The van der Waals surface area contributed by atoms with Crippen LogP contribution in [-0.2, 0) is 16.1 Å². The number of nitrogens with zero attached hydrogens (tertiary/aromatic N) is 2. The fourth-order valence-corrected chi connectivity index (χ4v) is 3.00. The van der Waals surface area contributed by atoms with Crippen LogP contribution in [0.3, 0.4) is 0 Å². The Bertz CT molecular complexity index is 982. The first kappa shape index (κ1) is 20.7. The molecule has 0 saturated heterocycles. The number of pyridine rings is 1. The van der Waals surface area contributed by atoms with Crippen LogP contribution >= 0.6 is 34.8 Å². The van der Waals surface area contributed by atoms with Crippen LogP contribution in [0.25, 0.3) is 0 Å². The van der Waals surface area contributed by atoms with Gasteiger partial charge in [0.1, 0.15) is 12.1 Å². The fourth-order valence-electron chi connectivity index (χ4n) is 2.09. The molecular formula is C15H10Cl3N3O6. The molecule has 2 rings (SSSR count). The van der Waals surface area contributed by atoms with Crippen molar-refractivity contribution >= 4 is 58.1 Å².